The molecule has 0 amide bonds. The van der Waals surface area contributed by atoms with E-state index in [0.29, 0.717) is 0 Å². The van der Waals surface area contributed by atoms with Gasteiger partial charge in [-0.25, -0.2) is 0 Å². The Labute approximate surface area is 121 Å². The van der Waals surface area contributed by atoms with Gasteiger partial charge in [-0.2, -0.15) is 0 Å². The molecule has 0 saturated heterocycles. The van der Waals surface area contributed by atoms with E-state index < -0.39 is 0 Å². The van der Waals surface area contributed by atoms with E-state index in [2.05, 4.69) is 29.4 Å². The summed E-state index contributed by atoms with van der Waals surface area (Å²) in [4.78, 5) is 4.15. The monoisotopic (exact) mass is 270 g/mol. The van der Waals surface area contributed by atoms with Crippen LogP contribution in [-0.4, -0.2) is 11.1 Å². The Hall–Kier alpha value is -1.87. The van der Waals surface area contributed by atoms with Gasteiger partial charge in [-0.05, 0) is 38.5 Å². The molecule has 1 heterocycles. The highest BCUT2D eigenvalue weighted by Gasteiger charge is 2.08. The van der Waals surface area contributed by atoms with E-state index in [0.717, 1.165) is 12.3 Å². The third kappa shape index (κ3) is 4.07. The first-order chi connectivity index (χ1) is 9.66. The Morgan fingerprint density at radius 3 is 2.60 bits per heavy atom. The molecule has 1 atom stereocenters. The number of ether oxygens (including phenoxy) is 1. The summed E-state index contributed by atoms with van der Waals surface area (Å²) >= 11 is 0. The fraction of sp³-hybridized carbons (Fsp3) is 0.353. The van der Waals surface area contributed by atoms with Crippen molar-refractivity contribution in [2.45, 2.75) is 39.5 Å². The third-order valence-electron chi connectivity index (χ3n) is 3.12. The molecule has 3 nitrogen and oxygen atoms in total. The van der Waals surface area contributed by atoms with Crippen molar-refractivity contribution in [2.75, 3.05) is 0 Å². The number of nitrogens with one attached hydrogen (secondary N) is 1. The van der Waals surface area contributed by atoms with Crippen molar-refractivity contribution in [2.24, 2.45) is 0 Å². The molecular weight excluding hydrogens is 248 g/mol. The van der Waals surface area contributed by atoms with Gasteiger partial charge in [0.25, 0.3) is 0 Å². The Bertz CT molecular complexity index is 526. The molecule has 0 aliphatic heterocycles. The summed E-state index contributed by atoms with van der Waals surface area (Å²) in [5.41, 5.74) is 2.37. The van der Waals surface area contributed by atoms with Gasteiger partial charge in [-0.3, -0.25) is 4.98 Å². The first-order valence-corrected chi connectivity index (χ1v) is 7.04. The van der Waals surface area contributed by atoms with Gasteiger partial charge in [0, 0.05) is 30.5 Å². The molecule has 3 heteroatoms. The summed E-state index contributed by atoms with van der Waals surface area (Å²) < 4.78 is 5.83. The van der Waals surface area contributed by atoms with Crippen LogP contribution in [0.15, 0.2) is 48.8 Å². The molecule has 20 heavy (non-hydrogen) atoms. The number of para-hydroxylation sites is 1. The van der Waals surface area contributed by atoms with E-state index in [1.54, 1.807) is 6.20 Å². The highest BCUT2D eigenvalue weighted by atomic mass is 16.5. The molecule has 0 aliphatic carbocycles. The van der Waals surface area contributed by atoms with Crippen LogP contribution in [0.3, 0.4) is 0 Å². The van der Waals surface area contributed by atoms with Crippen LogP contribution in [0.25, 0.3) is 0 Å². The van der Waals surface area contributed by atoms with E-state index in [4.69, 9.17) is 4.74 Å². The second-order valence-corrected chi connectivity index (χ2v) is 5.16. The Balaban J connectivity index is 2.00. The van der Waals surface area contributed by atoms with Crippen molar-refractivity contribution in [1.29, 1.82) is 0 Å². The lowest BCUT2D eigenvalue weighted by atomic mass is 10.1. The van der Waals surface area contributed by atoms with Gasteiger partial charge in [0.1, 0.15) is 5.75 Å². The van der Waals surface area contributed by atoms with Crippen molar-refractivity contribution in [3.63, 3.8) is 0 Å². The molecule has 0 radical (unpaired) electrons. The molecule has 1 N–H and O–H groups in total. The van der Waals surface area contributed by atoms with Crippen LogP contribution in [0, 0.1) is 0 Å². The second kappa shape index (κ2) is 7.06. The maximum atomic E-state index is 5.83. The molecule has 1 unspecified atom stereocenters. The summed E-state index contributed by atoms with van der Waals surface area (Å²) in [6.45, 7) is 7.01. The van der Waals surface area contributed by atoms with Crippen LogP contribution in [0.5, 0.6) is 5.75 Å². The summed E-state index contributed by atoms with van der Waals surface area (Å²) in [5, 5.41) is 3.51. The zero-order chi connectivity index (χ0) is 14.4. The van der Waals surface area contributed by atoms with E-state index in [-0.39, 0.29) is 12.1 Å². The standard InChI is InChI=1S/C17H22N2O/c1-13(2)20-17-9-5-4-7-16(17)12-19-14(3)15-8-6-10-18-11-15/h4-11,13-14,19H,12H2,1-3H3. The van der Waals surface area contributed by atoms with Crippen molar-refractivity contribution >= 4 is 0 Å². The molecule has 0 spiro atoms. The minimum Gasteiger partial charge on any atom is -0.491 e. The largest absolute Gasteiger partial charge is 0.491 e. The van der Waals surface area contributed by atoms with Crippen LogP contribution in [0.1, 0.15) is 37.9 Å². The molecule has 0 fully saturated rings. The summed E-state index contributed by atoms with van der Waals surface area (Å²) in [7, 11) is 0. The SMILES string of the molecule is CC(C)Oc1ccccc1CNC(C)c1cccnc1. The summed E-state index contributed by atoms with van der Waals surface area (Å²) in [5.74, 6) is 0.952. The number of nitrogens with zero attached hydrogens (tertiary/aromatic N) is 1. The average Bonchev–Trinajstić information content (AvgIpc) is 2.46. The maximum absolute atomic E-state index is 5.83. The molecule has 1 aromatic carbocycles. The Morgan fingerprint density at radius 1 is 1.10 bits per heavy atom. The Kier molecular flexibility index (Phi) is 5.13. The number of aromatic nitrogens is 1. The highest BCUT2D eigenvalue weighted by molar-refractivity contribution is 5.33. The number of pyridine rings is 1. The van der Waals surface area contributed by atoms with E-state index in [1.807, 2.05) is 44.3 Å². The number of benzene rings is 1. The summed E-state index contributed by atoms with van der Waals surface area (Å²) in [6, 6.07) is 12.5. The Morgan fingerprint density at radius 2 is 1.90 bits per heavy atom. The smallest absolute Gasteiger partial charge is 0.124 e. The topological polar surface area (TPSA) is 34.1 Å². The fourth-order valence-corrected chi connectivity index (χ4v) is 2.03. The molecule has 106 valence electrons. The maximum Gasteiger partial charge on any atom is 0.124 e. The van der Waals surface area contributed by atoms with Crippen molar-refractivity contribution in [1.82, 2.24) is 10.3 Å². The minimum atomic E-state index is 0.187. The van der Waals surface area contributed by atoms with Gasteiger partial charge in [0.2, 0.25) is 0 Å². The lowest BCUT2D eigenvalue weighted by Crippen LogP contribution is -2.19. The normalized spacial score (nSPS) is 12.4. The van der Waals surface area contributed by atoms with Gasteiger partial charge in [-0.15, -0.1) is 0 Å². The molecule has 0 bridgehead atoms. The lowest BCUT2D eigenvalue weighted by Gasteiger charge is -2.17. The average molecular weight is 270 g/mol. The first kappa shape index (κ1) is 14.5. The molecule has 0 aliphatic rings. The van der Waals surface area contributed by atoms with Crippen LogP contribution >= 0.6 is 0 Å². The molecule has 2 aromatic rings. The van der Waals surface area contributed by atoms with Crippen molar-refractivity contribution in [3.8, 4) is 5.75 Å². The zero-order valence-electron chi connectivity index (χ0n) is 12.3. The van der Waals surface area contributed by atoms with Gasteiger partial charge in [0.15, 0.2) is 0 Å². The highest BCUT2D eigenvalue weighted by Crippen LogP contribution is 2.20. The minimum absolute atomic E-state index is 0.187. The second-order valence-electron chi connectivity index (χ2n) is 5.16. The number of rotatable bonds is 6. The van der Waals surface area contributed by atoms with Crippen LogP contribution in [0.2, 0.25) is 0 Å². The number of hydrogen-bond donors (Lipinski definition) is 1. The van der Waals surface area contributed by atoms with Crippen LogP contribution in [0.4, 0.5) is 0 Å². The quantitative estimate of drug-likeness (QED) is 0.868. The van der Waals surface area contributed by atoms with E-state index in [1.165, 1.54) is 11.1 Å². The number of hydrogen-bond acceptors (Lipinski definition) is 3. The molecule has 1 aromatic heterocycles. The predicted octanol–water partition coefficient (Wildman–Crippen LogP) is 3.72. The summed E-state index contributed by atoms with van der Waals surface area (Å²) in [6.07, 6.45) is 3.88. The van der Waals surface area contributed by atoms with Crippen molar-refractivity contribution < 1.29 is 4.74 Å². The van der Waals surface area contributed by atoms with Crippen molar-refractivity contribution in [3.05, 3.63) is 59.9 Å². The zero-order valence-corrected chi connectivity index (χ0v) is 12.3. The first-order valence-electron chi connectivity index (χ1n) is 7.04. The van der Waals surface area contributed by atoms with Crippen LogP contribution < -0.4 is 10.1 Å². The third-order valence-corrected chi connectivity index (χ3v) is 3.12. The lowest BCUT2D eigenvalue weighted by molar-refractivity contribution is 0.239. The predicted molar refractivity (Wildman–Crippen MR) is 81.7 cm³/mol. The van der Waals surface area contributed by atoms with E-state index >= 15 is 0 Å². The van der Waals surface area contributed by atoms with Gasteiger partial charge in [-0.1, -0.05) is 24.3 Å². The van der Waals surface area contributed by atoms with Gasteiger partial charge < -0.3 is 10.1 Å². The molecule has 0 saturated carbocycles. The van der Waals surface area contributed by atoms with Gasteiger partial charge in [0.05, 0.1) is 6.10 Å². The van der Waals surface area contributed by atoms with Crippen LogP contribution in [-0.2, 0) is 6.54 Å². The fourth-order valence-electron chi connectivity index (χ4n) is 2.03. The van der Waals surface area contributed by atoms with E-state index in [9.17, 15) is 0 Å². The molecular formula is C17H22N2O. The van der Waals surface area contributed by atoms with Gasteiger partial charge >= 0.3 is 0 Å². The molecule has 2 rings (SSSR count).